The van der Waals surface area contributed by atoms with E-state index in [1.54, 1.807) is 12.1 Å². The summed E-state index contributed by atoms with van der Waals surface area (Å²) >= 11 is 0. The van der Waals surface area contributed by atoms with Crippen molar-refractivity contribution in [3.63, 3.8) is 0 Å². The highest BCUT2D eigenvalue weighted by Gasteiger charge is 2.21. The molecule has 1 aromatic rings. The maximum atomic E-state index is 11.2. The third-order valence-corrected chi connectivity index (χ3v) is 2.12. The molecule has 1 aliphatic carbocycles. The molecule has 4 nitrogen and oxygen atoms in total. The van der Waals surface area contributed by atoms with Gasteiger partial charge in [0, 0.05) is 6.42 Å². The molecular formula is C9H8N2O2. The number of rotatable bonds is 1. The van der Waals surface area contributed by atoms with Crippen LogP contribution in [-0.4, -0.2) is 16.7 Å². The smallest absolute Gasteiger partial charge is 0.267 e. The van der Waals surface area contributed by atoms with Gasteiger partial charge >= 0.3 is 0 Å². The number of hydrogen-bond acceptors (Lipinski definition) is 3. The van der Waals surface area contributed by atoms with Gasteiger partial charge in [-0.25, -0.2) is 4.98 Å². The number of nitrogens with zero attached hydrogens (tertiary/aromatic N) is 1. The van der Waals surface area contributed by atoms with E-state index in [-0.39, 0.29) is 11.5 Å². The highest BCUT2D eigenvalue weighted by atomic mass is 16.1. The first-order valence-corrected chi connectivity index (χ1v) is 4.01. The largest absolute Gasteiger partial charge is 0.364 e. The van der Waals surface area contributed by atoms with Gasteiger partial charge in [-0.3, -0.25) is 9.59 Å². The van der Waals surface area contributed by atoms with Crippen LogP contribution in [0, 0.1) is 0 Å². The fourth-order valence-corrected chi connectivity index (χ4v) is 1.43. The molecule has 0 aliphatic heterocycles. The summed E-state index contributed by atoms with van der Waals surface area (Å²) in [5.74, 6) is -0.597. The van der Waals surface area contributed by atoms with Crippen molar-refractivity contribution >= 4 is 11.7 Å². The van der Waals surface area contributed by atoms with E-state index < -0.39 is 5.91 Å². The van der Waals surface area contributed by atoms with Crippen LogP contribution in [0.3, 0.4) is 0 Å². The molecular weight excluding hydrogens is 168 g/mol. The molecule has 0 fully saturated rings. The molecule has 0 radical (unpaired) electrons. The minimum Gasteiger partial charge on any atom is -0.364 e. The molecule has 13 heavy (non-hydrogen) atoms. The predicted molar refractivity (Wildman–Crippen MR) is 45.4 cm³/mol. The lowest BCUT2D eigenvalue weighted by Gasteiger charge is -1.98. The number of pyridine rings is 1. The number of carbonyl (C=O) groups is 2. The first-order valence-electron chi connectivity index (χ1n) is 4.01. The van der Waals surface area contributed by atoms with Crippen molar-refractivity contribution in [3.05, 3.63) is 29.1 Å². The highest BCUT2D eigenvalue weighted by Crippen LogP contribution is 2.19. The Morgan fingerprint density at radius 2 is 2.15 bits per heavy atom. The van der Waals surface area contributed by atoms with Gasteiger partial charge in [0.1, 0.15) is 11.4 Å². The van der Waals surface area contributed by atoms with Crippen molar-refractivity contribution in [2.24, 2.45) is 5.73 Å². The van der Waals surface area contributed by atoms with Gasteiger partial charge in [-0.2, -0.15) is 0 Å². The quantitative estimate of drug-likeness (QED) is 0.669. The van der Waals surface area contributed by atoms with Crippen LogP contribution in [0.2, 0.25) is 0 Å². The van der Waals surface area contributed by atoms with E-state index in [9.17, 15) is 9.59 Å². The van der Waals surface area contributed by atoms with Gasteiger partial charge < -0.3 is 5.73 Å². The number of fused-ring (bicyclic) bond motifs is 1. The summed E-state index contributed by atoms with van der Waals surface area (Å²) < 4.78 is 0. The van der Waals surface area contributed by atoms with Crippen LogP contribution in [0.25, 0.3) is 0 Å². The Morgan fingerprint density at radius 1 is 1.38 bits per heavy atom. The van der Waals surface area contributed by atoms with Crippen LogP contribution in [0.4, 0.5) is 0 Å². The zero-order valence-electron chi connectivity index (χ0n) is 6.91. The van der Waals surface area contributed by atoms with E-state index in [0.29, 0.717) is 12.1 Å². The topological polar surface area (TPSA) is 73.1 Å². The molecule has 2 N–H and O–H groups in total. The second-order valence-electron chi connectivity index (χ2n) is 2.99. The molecule has 1 aromatic heterocycles. The van der Waals surface area contributed by atoms with Crippen molar-refractivity contribution in [2.45, 2.75) is 12.8 Å². The third kappa shape index (κ3) is 1.20. The number of carbonyl (C=O) groups excluding carboxylic acids is 2. The number of primary amides is 1. The van der Waals surface area contributed by atoms with E-state index in [1.807, 2.05) is 0 Å². The van der Waals surface area contributed by atoms with Crippen molar-refractivity contribution < 1.29 is 9.59 Å². The Bertz CT molecular complexity index is 399. The molecule has 4 heteroatoms. The maximum absolute atomic E-state index is 11.2. The van der Waals surface area contributed by atoms with Crippen LogP contribution in [0.15, 0.2) is 12.1 Å². The minimum atomic E-state index is -0.595. The number of aryl methyl sites for hydroxylation is 1. The monoisotopic (exact) mass is 176 g/mol. The minimum absolute atomic E-state index is 0.00176. The van der Waals surface area contributed by atoms with E-state index in [1.165, 1.54) is 0 Å². The van der Waals surface area contributed by atoms with Crippen LogP contribution in [-0.2, 0) is 6.42 Å². The van der Waals surface area contributed by atoms with E-state index in [0.717, 1.165) is 12.0 Å². The van der Waals surface area contributed by atoms with Crippen LogP contribution < -0.4 is 5.73 Å². The first kappa shape index (κ1) is 7.91. The zero-order chi connectivity index (χ0) is 9.42. The van der Waals surface area contributed by atoms with Gasteiger partial charge in [-0.05, 0) is 18.1 Å². The second-order valence-corrected chi connectivity index (χ2v) is 2.99. The van der Waals surface area contributed by atoms with Crippen LogP contribution in [0.5, 0.6) is 0 Å². The van der Waals surface area contributed by atoms with Crippen molar-refractivity contribution in [3.8, 4) is 0 Å². The SMILES string of the molecule is NC(=O)c1ccc2c(n1)C(=O)CC2. The summed E-state index contributed by atoms with van der Waals surface area (Å²) in [6.45, 7) is 0. The number of hydrogen-bond donors (Lipinski definition) is 1. The summed E-state index contributed by atoms with van der Waals surface area (Å²) in [4.78, 5) is 25.9. The summed E-state index contributed by atoms with van der Waals surface area (Å²) in [6, 6.07) is 3.30. The Hall–Kier alpha value is -1.71. The fourth-order valence-electron chi connectivity index (χ4n) is 1.43. The fraction of sp³-hybridized carbons (Fsp3) is 0.222. The molecule has 2 rings (SSSR count). The molecule has 0 saturated heterocycles. The first-order chi connectivity index (χ1) is 6.18. The van der Waals surface area contributed by atoms with E-state index >= 15 is 0 Å². The van der Waals surface area contributed by atoms with Gasteiger partial charge in [-0.15, -0.1) is 0 Å². The summed E-state index contributed by atoms with van der Waals surface area (Å²) in [5.41, 5.74) is 6.53. The van der Waals surface area contributed by atoms with Crippen molar-refractivity contribution in [1.82, 2.24) is 4.98 Å². The van der Waals surface area contributed by atoms with Crippen molar-refractivity contribution in [1.29, 1.82) is 0 Å². The van der Waals surface area contributed by atoms with Crippen molar-refractivity contribution in [2.75, 3.05) is 0 Å². The number of Topliss-reactive ketones (excluding diaryl/α,β-unsaturated/α-hetero) is 1. The highest BCUT2D eigenvalue weighted by molar-refractivity contribution is 6.00. The van der Waals surface area contributed by atoms with E-state index in [4.69, 9.17) is 5.73 Å². The van der Waals surface area contributed by atoms with Crippen LogP contribution >= 0.6 is 0 Å². The zero-order valence-corrected chi connectivity index (χ0v) is 6.91. The average molecular weight is 176 g/mol. The molecule has 0 saturated carbocycles. The van der Waals surface area contributed by atoms with Gasteiger partial charge in [-0.1, -0.05) is 6.07 Å². The molecule has 0 unspecified atom stereocenters. The normalized spacial score (nSPS) is 14.3. The standard InChI is InChI=1S/C9H8N2O2/c10-9(13)6-3-1-5-2-4-7(12)8(5)11-6/h1,3H,2,4H2,(H2,10,13). The molecule has 0 aromatic carbocycles. The van der Waals surface area contributed by atoms with Gasteiger partial charge in [0.05, 0.1) is 0 Å². The Morgan fingerprint density at radius 3 is 2.85 bits per heavy atom. The molecule has 1 aliphatic rings. The lowest BCUT2D eigenvalue weighted by Crippen LogP contribution is -2.14. The van der Waals surface area contributed by atoms with Crippen LogP contribution in [0.1, 0.15) is 33.0 Å². The molecule has 0 bridgehead atoms. The molecule has 1 amide bonds. The number of nitrogens with two attached hydrogens (primary N) is 1. The summed E-state index contributed by atoms with van der Waals surface area (Å²) in [5, 5.41) is 0. The van der Waals surface area contributed by atoms with E-state index in [2.05, 4.69) is 4.98 Å². The van der Waals surface area contributed by atoms with Gasteiger partial charge in [0.2, 0.25) is 0 Å². The van der Waals surface area contributed by atoms with Gasteiger partial charge in [0.15, 0.2) is 5.78 Å². The Balaban J connectivity index is 2.54. The second kappa shape index (κ2) is 2.65. The molecule has 66 valence electrons. The Labute approximate surface area is 74.8 Å². The number of aromatic nitrogens is 1. The lowest BCUT2D eigenvalue weighted by molar-refractivity contribution is 0.0989. The number of ketones is 1. The predicted octanol–water partition coefficient (Wildman–Crippen LogP) is 0.309. The molecule has 0 spiro atoms. The van der Waals surface area contributed by atoms with Gasteiger partial charge in [0.25, 0.3) is 5.91 Å². The maximum Gasteiger partial charge on any atom is 0.267 e. The molecule has 0 atom stereocenters. The lowest BCUT2D eigenvalue weighted by atomic mass is 10.2. The number of amides is 1. The summed E-state index contributed by atoms with van der Waals surface area (Å²) in [6.07, 6.45) is 1.21. The Kier molecular flexibility index (Phi) is 1.62. The third-order valence-electron chi connectivity index (χ3n) is 2.12. The average Bonchev–Trinajstić information content (AvgIpc) is 2.47. The summed E-state index contributed by atoms with van der Waals surface area (Å²) in [7, 11) is 0. The molecule has 1 heterocycles.